The highest BCUT2D eigenvalue weighted by molar-refractivity contribution is 6.34. The average Bonchev–Trinajstić information content (AvgIpc) is 2.74. The van der Waals surface area contributed by atoms with E-state index in [0.29, 0.717) is 15.9 Å². The topological polar surface area (TPSA) is 41.9 Å². The molecular weight excluding hydrogens is 407 g/mol. The van der Waals surface area contributed by atoms with Gasteiger partial charge >= 0.3 is 5.97 Å². The largest absolute Gasteiger partial charge is 0.468 e. The third-order valence-electron chi connectivity index (χ3n) is 4.85. The third kappa shape index (κ3) is 3.86. The molecule has 3 aromatic rings. The second kappa shape index (κ2) is 8.27. The number of halogens is 2. The van der Waals surface area contributed by atoms with Crippen LogP contribution in [0.3, 0.4) is 0 Å². The molecule has 1 atom stereocenters. The normalized spacial score (nSPS) is 15.5. The van der Waals surface area contributed by atoms with Crippen molar-refractivity contribution in [3.8, 4) is 0 Å². The highest BCUT2D eigenvalue weighted by Crippen LogP contribution is 2.42. The summed E-state index contributed by atoms with van der Waals surface area (Å²) in [7, 11) is 1.38. The monoisotopic (exact) mass is 424 g/mol. The summed E-state index contributed by atoms with van der Waals surface area (Å²) >= 11 is 12.8. The lowest BCUT2D eigenvalue weighted by Crippen LogP contribution is -2.42. The Morgan fingerprint density at radius 3 is 2.48 bits per heavy atom. The molecule has 0 aromatic heterocycles. The number of amidine groups is 1. The number of carbonyl (C=O) groups excluding carboxylic acids is 1. The van der Waals surface area contributed by atoms with E-state index in [4.69, 9.17) is 32.9 Å². The van der Waals surface area contributed by atoms with Crippen LogP contribution in [0.15, 0.2) is 77.8 Å². The fourth-order valence-electron chi connectivity index (χ4n) is 3.54. The molecule has 29 heavy (non-hydrogen) atoms. The Labute approximate surface area is 179 Å². The van der Waals surface area contributed by atoms with E-state index in [9.17, 15) is 4.79 Å². The molecule has 0 aliphatic carbocycles. The van der Waals surface area contributed by atoms with Gasteiger partial charge in [-0.1, -0.05) is 71.7 Å². The molecule has 0 unspecified atom stereocenters. The molecule has 0 fully saturated rings. The molecule has 3 aromatic carbocycles. The van der Waals surface area contributed by atoms with Gasteiger partial charge in [-0.25, -0.2) is 4.99 Å². The van der Waals surface area contributed by atoms with Crippen LogP contribution in [0.4, 0.5) is 5.69 Å². The first-order valence-electron chi connectivity index (χ1n) is 9.10. The molecule has 146 valence electrons. The molecule has 0 amide bonds. The summed E-state index contributed by atoms with van der Waals surface area (Å²) in [6, 6.07) is 22.8. The first kappa shape index (κ1) is 19.5. The highest BCUT2D eigenvalue weighted by Gasteiger charge is 2.34. The van der Waals surface area contributed by atoms with Crippen molar-refractivity contribution < 1.29 is 9.53 Å². The van der Waals surface area contributed by atoms with E-state index in [1.807, 2.05) is 71.6 Å². The van der Waals surface area contributed by atoms with Gasteiger partial charge in [-0.05, 0) is 29.8 Å². The molecule has 0 saturated carbocycles. The Bertz CT molecular complexity index is 1080. The third-order valence-corrected chi connectivity index (χ3v) is 5.42. The van der Waals surface area contributed by atoms with E-state index in [0.717, 1.165) is 22.4 Å². The van der Waals surface area contributed by atoms with Crippen LogP contribution >= 0.6 is 23.2 Å². The summed E-state index contributed by atoms with van der Waals surface area (Å²) in [5.74, 6) is 0.243. The number of fused-ring (bicyclic) bond motifs is 1. The zero-order valence-corrected chi connectivity index (χ0v) is 17.2. The minimum absolute atomic E-state index is 0.0299. The Kier molecular flexibility index (Phi) is 5.56. The number of ether oxygens (including phenoxy) is 1. The molecule has 1 heterocycles. The van der Waals surface area contributed by atoms with Gasteiger partial charge in [0.25, 0.3) is 0 Å². The van der Waals surface area contributed by atoms with Crippen molar-refractivity contribution in [1.82, 2.24) is 4.90 Å². The number of methoxy groups -OCH3 is 1. The number of hydrogen-bond donors (Lipinski definition) is 0. The van der Waals surface area contributed by atoms with Gasteiger partial charge in [0.05, 0.1) is 23.9 Å². The Hall–Kier alpha value is -2.82. The highest BCUT2D eigenvalue weighted by atomic mass is 35.5. The number of hydrogen-bond acceptors (Lipinski definition) is 4. The summed E-state index contributed by atoms with van der Waals surface area (Å²) in [5.41, 5.74) is 3.48. The van der Waals surface area contributed by atoms with E-state index < -0.39 is 0 Å². The van der Waals surface area contributed by atoms with Gasteiger partial charge in [-0.15, -0.1) is 0 Å². The van der Waals surface area contributed by atoms with Crippen LogP contribution in [0.2, 0.25) is 10.0 Å². The maximum Gasteiger partial charge on any atom is 0.325 e. The minimum atomic E-state index is -0.358. The zero-order chi connectivity index (χ0) is 20.4. The number of nitrogens with zero attached hydrogens (tertiary/aromatic N) is 2. The molecule has 1 aliphatic rings. The summed E-state index contributed by atoms with van der Waals surface area (Å²) in [5, 5.41) is 1.15. The number of benzene rings is 3. The van der Waals surface area contributed by atoms with E-state index in [2.05, 4.69) is 0 Å². The molecule has 4 nitrogen and oxygen atoms in total. The molecular formula is C23H18Cl2N2O2. The number of aliphatic imine (C=N–C) groups is 1. The van der Waals surface area contributed by atoms with Crippen molar-refractivity contribution >= 4 is 40.7 Å². The molecule has 0 bridgehead atoms. The minimum Gasteiger partial charge on any atom is -0.468 e. The quantitative estimate of drug-likeness (QED) is 0.508. The van der Waals surface area contributed by atoms with E-state index >= 15 is 0 Å². The predicted molar refractivity (Wildman–Crippen MR) is 116 cm³/mol. The standard InChI is InChI=1S/C23H18Cl2N2O2/c1-29-21(28)14-27-22(15-7-3-2-4-8-15)18-12-11-16(24)13-20(18)26-23(27)17-9-5-6-10-19(17)25/h2-13,22H,14H2,1H3/t22-/m1/s1. The van der Waals surface area contributed by atoms with Crippen molar-refractivity contribution in [1.29, 1.82) is 0 Å². The lowest BCUT2D eigenvalue weighted by molar-refractivity contribution is -0.141. The SMILES string of the molecule is COC(=O)CN1C(c2ccccc2Cl)=Nc2cc(Cl)ccc2[C@H]1c1ccccc1. The van der Waals surface area contributed by atoms with E-state index in [1.165, 1.54) is 7.11 Å². The lowest BCUT2D eigenvalue weighted by Gasteiger charge is -2.38. The van der Waals surface area contributed by atoms with E-state index in [-0.39, 0.29) is 18.6 Å². The summed E-state index contributed by atoms with van der Waals surface area (Å²) in [6.07, 6.45) is 0. The number of rotatable bonds is 4. The Balaban J connectivity index is 1.97. The lowest BCUT2D eigenvalue weighted by atomic mass is 9.93. The maximum absolute atomic E-state index is 12.3. The molecule has 1 aliphatic heterocycles. The van der Waals surface area contributed by atoms with E-state index in [1.54, 1.807) is 6.07 Å². The molecule has 6 heteroatoms. The van der Waals surface area contributed by atoms with Crippen LogP contribution in [0, 0.1) is 0 Å². The summed E-state index contributed by atoms with van der Waals surface area (Å²) in [6.45, 7) is 0.0299. The van der Waals surface area contributed by atoms with Gasteiger partial charge in [-0.3, -0.25) is 4.79 Å². The fraction of sp³-hybridized carbons (Fsp3) is 0.130. The Morgan fingerprint density at radius 1 is 1.03 bits per heavy atom. The van der Waals surface area contributed by atoms with Gasteiger partial charge in [0.1, 0.15) is 12.4 Å². The first-order chi connectivity index (χ1) is 14.1. The van der Waals surface area contributed by atoms with Gasteiger partial charge in [0, 0.05) is 16.1 Å². The van der Waals surface area contributed by atoms with Crippen LogP contribution in [-0.2, 0) is 9.53 Å². The van der Waals surface area contributed by atoms with Gasteiger partial charge in [0.15, 0.2) is 0 Å². The summed E-state index contributed by atoms with van der Waals surface area (Å²) < 4.78 is 4.97. The predicted octanol–water partition coefficient (Wildman–Crippen LogP) is 5.65. The van der Waals surface area contributed by atoms with Crippen LogP contribution in [0.5, 0.6) is 0 Å². The maximum atomic E-state index is 12.3. The number of carbonyl (C=O) groups is 1. The molecule has 4 rings (SSSR count). The van der Waals surface area contributed by atoms with Gasteiger partial charge < -0.3 is 9.64 Å². The second-order valence-corrected chi connectivity index (χ2v) is 7.48. The first-order valence-corrected chi connectivity index (χ1v) is 9.85. The molecule has 0 spiro atoms. The molecule has 0 saturated heterocycles. The van der Waals surface area contributed by atoms with Crippen molar-refractivity contribution in [2.24, 2.45) is 4.99 Å². The van der Waals surface area contributed by atoms with Crippen LogP contribution < -0.4 is 0 Å². The Morgan fingerprint density at radius 2 is 1.76 bits per heavy atom. The second-order valence-electron chi connectivity index (χ2n) is 6.64. The van der Waals surface area contributed by atoms with Crippen LogP contribution in [0.1, 0.15) is 22.7 Å². The zero-order valence-electron chi connectivity index (χ0n) is 15.7. The summed E-state index contributed by atoms with van der Waals surface area (Å²) in [4.78, 5) is 19.1. The van der Waals surface area contributed by atoms with Crippen molar-refractivity contribution in [2.75, 3.05) is 13.7 Å². The average molecular weight is 425 g/mol. The van der Waals surface area contributed by atoms with Gasteiger partial charge in [0.2, 0.25) is 0 Å². The van der Waals surface area contributed by atoms with Gasteiger partial charge in [-0.2, -0.15) is 0 Å². The van der Waals surface area contributed by atoms with Crippen LogP contribution in [-0.4, -0.2) is 30.4 Å². The van der Waals surface area contributed by atoms with Crippen molar-refractivity contribution in [3.63, 3.8) is 0 Å². The number of esters is 1. The smallest absolute Gasteiger partial charge is 0.325 e. The molecule has 0 radical (unpaired) electrons. The van der Waals surface area contributed by atoms with Crippen LogP contribution in [0.25, 0.3) is 0 Å². The van der Waals surface area contributed by atoms with Crippen molar-refractivity contribution in [2.45, 2.75) is 6.04 Å². The van der Waals surface area contributed by atoms with Crippen molar-refractivity contribution in [3.05, 3.63) is 99.5 Å². The fourth-order valence-corrected chi connectivity index (χ4v) is 3.92. The molecule has 0 N–H and O–H groups in total.